The highest BCUT2D eigenvalue weighted by Crippen LogP contribution is 2.36. The predicted molar refractivity (Wildman–Crippen MR) is 175 cm³/mol. The summed E-state index contributed by atoms with van der Waals surface area (Å²) in [6.07, 6.45) is 2.89. The van der Waals surface area contributed by atoms with E-state index in [-0.39, 0.29) is 23.6 Å². The molecule has 1 aliphatic heterocycles. The third-order valence-electron chi connectivity index (χ3n) is 8.83. The maximum atomic E-state index is 13.1. The molecule has 1 saturated heterocycles. The molecule has 3 aromatic carbocycles. The summed E-state index contributed by atoms with van der Waals surface area (Å²) >= 11 is 0. The second kappa shape index (κ2) is 15.1. The Balaban J connectivity index is 1.00. The number of carbonyl (C=O) groups excluding carboxylic acids is 1. The average molecular weight is 628 g/mol. The minimum atomic E-state index is -0.963. The Kier molecular flexibility index (Phi) is 10.7. The lowest BCUT2D eigenvalue weighted by Gasteiger charge is -2.39. The second-order valence-corrected chi connectivity index (χ2v) is 11.9. The van der Waals surface area contributed by atoms with Gasteiger partial charge >= 0.3 is 5.97 Å². The van der Waals surface area contributed by atoms with Gasteiger partial charge in [-0.25, -0.2) is 0 Å². The zero-order chi connectivity index (χ0) is 32.5. The number of pyridine rings is 1. The van der Waals surface area contributed by atoms with Crippen molar-refractivity contribution < 1.29 is 29.6 Å². The number of benzene rings is 3. The van der Waals surface area contributed by atoms with Crippen LogP contribution in [0.15, 0.2) is 83.7 Å². The summed E-state index contributed by atoms with van der Waals surface area (Å²) in [6, 6.07) is 22.9. The van der Waals surface area contributed by atoms with Crippen molar-refractivity contribution >= 4 is 22.8 Å². The first-order chi connectivity index (χ1) is 22.3. The van der Waals surface area contributed by atoms with Gasteiger partial charge in [0.15, 0.2) is 0 Å². The van der Waals surface area contributed by atoms with Crippen LogP contribution in [0.3, 0.4) is 0 Å². The fourth-order valence-corrected chi connectivity index (χ4v) is 6.17. The number of aromatic hydroxyl groups is 1. The number of carboxylic acids is 1. The number of amides is 1. The molecule has 5 N–H and O–H groups in total. The lowest BCUT2D eigenvalue weighted by atomic mass is 9.73. The van der Waals surface area contributed by atoms with Crippen LogP contribution in [0.2, 0.25) is 0 Å². The van der Waals surface area contributed by atoms with Gasteiger partial charge in [-0.2, -0.15) is 0 Å². The SMILES string of the molecule is O=C(Cc1cccc(OCCCCCNCC(O)c2ccc(O)c3[nH]c(=O)ccc23)c1)N1CCC(C(=O)O)(c2ccccc2)CC1. The largest absolute Gasteiger partial charge is 0.506 e. The Morgan fingerprint density at radius 3 is 2.50 bits per heavy atom. The number of fused-ring (bicyclic) bond motifs is 1. The zero-order valence-corrected chi connectivity index (χ0v) is 25.8. The lowest BCUT2D eigenvalue weighted by Crippen LogP contribution is -2.49. The van der Waals surface area contributed by atoms with Crippen molar-refractivity contribution in [3.05, 3.63) is 106 Å². The number of aromatic amines is 1. The number of carbonyl (C=O) groups is 2. The molecule has 1 aromatic heterocycles. The number of H-pyrrole nitrogens is 1. The van der Waals surface area contributed by atoms with Gasteiger partial charge in [0.1, 0.15) is 11.5 Å². The second-order valence-electron chi connectivity index (χ2n) is 11.9. The van der Waals surface area contributed by atoms with Crippen molar-refractivity contribution in [1.29, 1.82) is 0 Å². The molecule has 46 heavy (non-hydrogen) atoms. The van der Waals surface area contributed by atoms with E-state index in [0.29, 0.717) is 61.3 Å². The van der Waals surface area contributed by atoms with Crippen molar-refractivity contribution in [3.8, 4) is 11.5 Å². The molecule has 0 radical (unpaired) electrons. The molecule has 1 atom stereocenters. The van der Waals surface area contributed by atoms with Gasteiger partial charge in [-0.15, -0.1) is 0 Å². The minimum absolute atomic E-state index is 0.0182. The van der Waals surface area contributed by atoms with Gasteiger partial charge in [0.05, 0.1) is 30.1 Å². The van der Waals surface area contributed by atoms with Crippen molar-refractivity contribution in [2.75, 3.05) is 32.8 Å². The molecule has 1 fully saturated rings. The van der Waals surface area contributed by atoms with E-state index in [1.807, 2.05) is 54.6 Å². The van der Waals surface area contributed by atoms with Gasteiger partial charge in [0, 0.05) is 31.1 Å². The first-order valence-electron chi connectivity index (χ1n) is 15.8. The van der Waals surface area contributed by atoms with E-state index in [2.05, 4.69) is 10.3 Å². The number of phenols is 1. The first kappa shape index (κ1) is 32.7. The van der Waals surface area contributed by atoms with Gasteiger partial charge in [0.2, 0.25) is 11.5 Å². The van der Waals surface area contributed by atoms with E-state index in [9.17, 15) is 29.7 Å². The molecule has 1 amide bonds. The number of rotatable bonds is 14. The Labute approximate surface area is 267 Å². The average Bonchev–Trinajstić information content (AvgIpc) is 3.06. The molecule has 0 aliphatic carbocycles. The molecule has 1 aliphatic rings. The molecule has 5 rings (SSSR count). The van der Waals surface area contributed by atoms with Gasteiger partial charge in [-0.05, 0) is 79.6 Å². The van der Waals surface area contributed by atoms with Crippen LogP contribution in [0.5, 0.6) is 11.5 Å². The van der Waals surface area contributed by atoms with Crippen molar-refractivity contribution in [3.63, 3.8) is 0 Å². The fourth-order valence-electron chi connectivity index (χ4n) is 6.17. The molecule has 2 heterocycles. The molecule has 0 saturated carbocycles. The molecule has 1 unspecified atom stereocenters. The van der Waals surface area contributed by atoms with E-state index >= 15 is 0 Å². The summed E-state index contributed by atoms with van der Waals surface area (Å²) < 4.78 is 5.94. The number of aliphatic carboxylic acids is 1. The summed E-state index contributed by atoms with van der Waals surface area (Å²) in [6.45, 7) is 2.41. The van der Waals surface area contributed by atoms with Gasteiger partial charge in [-0.1, -0.05) is 48.5 Å². The van der Waals surface area contributed by atoms with Crippen molar-refractivity contribution in [1.82, 2.24) is 15.2 Å². The number of aliphatic hydroxyl groups is 1. The van der Waals surface area contributed by atoms with Crippen LogP contribution in [0, 0.1) is 0 Å². The number of nitrogens with zero attached hydrogens (tertiary/aromatic N) is 1. The molecule has 10 heteroatoms. The van der Waals surface area contributed by atoms with Crippen LogP contribution in [0.1, 0.15) is 54.9 Å². The van der Waals surface area contributed by atoms with Crippen molar-refractivity contribution in [2.24, 2.45) is 0 Å². The molecule has 4 aromatic rings. The summed E-state index contributed by atoms with van der Waals surface area (Å²) in [5, 5.41) is 34.6. The number of hydrogen-bond donors (Lipinski definition) is 5. The number of unbranched alkanes of at least 4 members (excludes halogenated alkanes) is 2. The van der Waals surface area contributed by atoms with E-state index in [0.717, 1.165) is 36.9 Å². The van der Waals surface area contributed by atoms with Gasteiger partial charge in [0.25, 0.3) is 0 Å². The third-order valence-corrected chi connectivity index (χ3v) is 8.83. The quantitative estimate of drug-likeness (QED) is 0.130. The normalized spacial score (nSPS) is 15.0. The Hall–Kier alpha value is -4.67. The maximum absolute atomic E-state index is 13.1. The lowest BCUT2D eigenvalue weighted by molar-refractivity contribution is -0.148. The molecule has 0 bridgehead atoms. The van der Waals surface area contributed by atoms with Crippen LogP contribution in [0.4, 0.5) is 0 Å². The number of piperidine rings is 1. The van der Waals surface area contributed by atoms with E-state index in [1.54, 1.807) is 17.0 Å². The monoisotopic (exact) mass is 627 g/mol. The molecular formula is C36H41N3O7. The molecule has 10 nitrogen and oxygen atoms in total. The van der Waals surface area contributed by atoms with Crippen LogP contribution < -0.4 is 15.6 Å². The Morgan fingerprint density at radius 2 is 1.74 bits per heavy atom. The number of ether oxygens (including phenoxy) is 1. The van der Waals surface area contributed by atoms with E-state index < -0.39 is 17.5 Å². The number of likely N-dealkylation sites (tertiary alicyclic amines) is 1. The maximum Gasteiger partial charge on any atom is 0.314 e. The smallest absolute Gasteiger partial charge is 0.314 e. The standard InChI is InChI=1S/C36H41N3O7/c40-30-14-12-28(29-13-15-32(42)38-34(29)30)31(41)24-37-18-5-2-6-21-46-27-11-7-8-25(22-27)23-33(43)39-19-16-36(17-20-39,35(44)45)26-9-3-1-4-10-26/h1,3-4,7-15,22,31,37,40-41H,2,5-6,16-21,23-24H2,(H,38,42)(H,44,45). The zero-order valence-electron chi connectivity index (χ0n) is 25.8. The van der Waals surface area contributed by atoms with Crippen LogP contribution in [-0.2, 0) is 21.4 Å². The van der Waals surface area contributed by atoms with Crippen LogP contribution in [0.25, 0.3) is 10.9 Å². The van der Waals surface area contributed by atoms with Crippen LogP contribution >= 0.6 is 0 Å². The third kappa shape index (κ3) is 7.75. The first-order valence-corrected chi connectivity index (χ1v) is 15.8. The number of aromatic nitrogens is 1. The Bertz CT molecular complexity index is 1700. The number of hydrogen-bond acceptors (Lipinski definition) is 7. The number of carboxylic acid groups (broad SMARTS) is 1. The summed E-state index contributed by atoms with van der Waals surface area (Å²) in [5.41, 5.74) is 1.31. The number of phenolic OH excluding ortho intramolecular Hbond substituents is 1. The number of aliphatic hydroxyl groups excluding tert-OH is 1. The number of nitrogens with one attached hydrogen (secondary N) is 2. The minimum Gasteiger partial charge on any atom is -0.506 e. The molecule has 0 spiro atoms. The highest BCUT2D eigenvalue weighted by molar-refractivity contribution is 5.87. The van der Waals surface area contributed by atoms with Gasteiger partial charge < -0.3 is 35.3 Å². The van der Waals surface area contributed by atoms with E-state index in [1.165, 1.54) is 12.1 Å². The topological polar surface area (TPSA) is 152 Å². The summed E-state index contributed by atoms with van der Waals surface area (Å²) in [7, 11) is 0. The van der Waals surface area contributed by atoms with Crippen molar-refractivity contribution in [2.45, 2.75) is 50.0 Å². The molecular weight excluding hydrogens is 586 g/mol. The summed E-state index contributed by atoms with van der Waals surface area (Å²) in [5.74, 6) is -0.187. The Morgan fingerprint density at radius 1 is 0.957 bits per heavy atom. The highest BCUT2D eigenvalue weighted by Gasteiger charge is 2.43. The predicted octanol–water partition coefficient (Wildman–Crippen LogP) is 4.29. The molecule has 242 valence electrons. The highest BCUT2D eigenvalue weighted by atomic mass is 16.5. The van der Waals surface area contributed by atoms with E-state index in [4.69, 9.17) is 4.74 Å². The summed E-state index contributed by atoms with van der Waals surface area (Å²) in [4.78, 5) is 41.3. The van der Waals surface area contributed by atoms with Gasteiger partial charge in [-0.3, -0.25) is 14.4 Å². The fraction of sp³-hybridized carbons (Fsp3) is 0.361. The van der Waals surface area contributed by atoms with Crippen LogP contribution in [-0.4, -0.2) is 69.9 Å².